The Balaban J connectivity index is 1.81. The van der Waals surface area contributed by atoms with E-state index in [9.17, 15) is 4.39 Å². The highest BCUT2D eigenvalue weighted by Crippen LogP contribution is 2.36. The van der Waals surface area contributed by atoms with Crippen molar-refractivity contribution in [3.8, 4) is 5.75 Å². The third kappa shape index (κ3) is 2.85. The standard InChI is InChI=1S/C19H18ClFN4O/c1-10-3-4-14(18(21)17(10)20)25-19-13-5-12(11-7-22-8-11)16(26-2)6-15(13)23-9-24-19/h3-6,9,11,22H,7-8H2,1-2H3,(H,23,24,25). The lowest BCUT2D eigenvalue weighted by Crippen LogP contribution is -2.40. The molecule has 7 heteroatoms. The summed E-state index contributed by atoms with van der Waals surface area (Å²) in [6, 6.07) is 7.35. The van der Waals surface area contributed by atoms with Crippen LogP contribution in [0.5, 0.6) is 5.75 Å². The Bertz CT molecular complexity index is 991. The van der Waals surface area contributed by atoms with E-state index in [0.29, 0.717) is 17.3 Å². The van der Waals surface area contributed by atoms with Gasteiger partial charge in [0.1, 0.15) is 17.9 Å². The fourth-order valence-electron chi connectivity index (χ4n) is 3.07. The molecule has 4 rings (SSSR count). The van der Waals surface area contributed by atoms with Crippen LogP contribution in [0.3, 0.4) is 0 Å². The molecule has 134 valence electrons. The number of nitrogens with one attached hydrogen (secondary N) is 2. The minimum Gasteiger partial charge on any atom is -0.496 e. The zero-order valence-corrected chi connectivity index (χ0v) is 15.2. The smallest absolute Gasteiger partial charge is 0.165 e. The first-order valence-electron chi connectivity index (χ1n) is 8.33. The number of aryl methyl sites for hydroxylation is 1. The van der Waals surface area contributed by atoms with Crippen LogP contribution in [0, 0.1) is 12.7 Å². The molecule has 0 spiro atoms. The first-order chi connectivity index (χ1) is 12.6. The number of ether oxygens (including phenoxy) is 1. The summed E-state index contributed by atoms with van der Waals surface area (Å²) in [6.07, 6.45) is 1.45. The predicted octanol–water partition coefficient (Wildman–Crippen LogP) is 4.17. The highest BCUT2D eigenvalue weighted by molar-refractivity contribution is 6.31. The van der Waals surface area contributed by atoms with Crippen LogP contribution in [0.15, 0.2) is 30.6 Å². The molecular formula is C19H18ClFN4O. The molecule has 5 nitrogen and oxygen atoms in total. The minimum atomic E-state index is -0.490. The van der Waals surface area contributed by atoms with Crippen molar-refractivity contribution >= 4 is 34.0 Å². The molecule has 3 aromatic rings. The van der Waals surface area contributed by atoms with Crippen molar-refractivity contribution in [1.82, 2.24) is 15.3 Å². The average molecular weight is 373 g/mol. The molecule has 26 heavy (non-hydrogen) atoms. The molecule has 1 saturated heterocycles. The van der Waals surface area contributed by atoms with Gasteiger partial charge in [-0.25, -0.2) is 14.4 Å². The summed E-state index contributed by atoms with van der Waals surface area (Å²) >= 11 is 6.03. The van der Waals surface area contributed by atoms with Crippen molar-refractivity contribution in [3.63, 3.8) is 0 Å². The van der Waals surface area contributed by atoms with Crippen LogP contribution in [-0.2, 0) is 0 Å². The molecule has 1 aliphatic heterocycles. The van der Waals surface area contributed by atoms with Gasteiger partial charge in [0, 0.05) is 36.0 Å². The van der Waals surface area contributed by atoms with Crippen LogP contribution in [0.2, 0.25) is 5.02 Å². The Kier molecular flexibility index (Phi) is 4.38. The van der Waals surface area contributed by atoms with Crippen molar-refractivity contribution in [2.75, 3.05) is 25.5 Å². The van der Waals surface area contributed by atoms with E-state index in [4.69, 9.17) is 16.3 Å². The average Bonchev–Trinajstić information content (AvgIpc) is 2.60. The summed E-state index contributed by atoms with van der Waals surface area (Å²) < 4.78 is 20.0. The molecule has 0 radical (unpaired) electrons. The SMILES string of the molecule is COc1cc2ncnc(Nc3ccc(C)c(Cl)c3F)c2cc1C1CNC1. The van der Waals surface area contributed by atoms with Gasteiger partial charge in [0.25, 0.3) is 0 Å². The Labute approximate surface area is 155 Å². The normalized spacial score (nSPS) is 14.3. The Morgan fingerprint density at radius 2 is 2.08 bits per heavy atom. The van der Waals surface area contributed by atoms with Gasteiger partial charge in [0.05, 0.1) is 23.3 Å². The number of nitrogens with zero attached hydrogens (tertiary/aromatic N) is 2. The third-order valence-corrected chi connectivity index (χ3v) is 5.20. The van der Waals surface area contributed by atoms with Crippen molar-refractivity contribution in [1.29, 1.82) is 0 Å². The zero-order chi connectivity index (χ0) is 18.3. The van der Waals surface area contributed by atoms with E-state index in [2.05, 4.69) is 20.6 Å². The van der Waals surface area contributed by atoms with E-state index in [-0.39, 0.29) is 10.7 Å². The summed E-state index contributed by atoms with van der Waals surface area (Å²) in [6.45, 7) is 3.57. The third-order valence-electron chi connectivity index (χ3n) is 4.74. The molecule has 1 fully saturated rings. The van der Waals surface area contributed by atoms with Gasteiger partial charge < -0.3 is 15.4 Å². The van der Waals surface area contributed by atoms with Crippen molar-refractivity contribution in [2.45, 2.75) is 12.8 Å². The van der Waals surface area contributed by atoms with Crippen molar-refractivity contribution < 1.29 is 9.13 Å². The summed E-state index contributed by atoms with van der Waals surface area (Å²) in [5.74, 6) is 1.23. The number of rotatable bonds is 4. The van der Waals surface area contributed by atoms with Gasteiger partial charge in [0.2, 0.25) is 0 Å². The number of benzene rings is 2. The summed E-state index contributed by atoms with van der Waals surface area (Å²) in [5, 5.41) is 7.24. The zero-order valence-electron chi connectivity index (χ0n) is 14.4. The van der Waals surface area contributed by atoms with Crippen LogP contribution in [0.1, 0.15) is 17.0 Å². The monoisotopic (exact) mass is 372 g/mol. The van der Waals surface area contributed by atoms with Gasteiger partial charge >= 0.3 is 0 Å². The number of aromatic nitrogens is 2. The number of anilines is 2. The maximum Gasteiger partial charge on any atom is 0.165 e. The largest absolute Gasteiger partial charge is 0.496 e. The molecular weight excluding hydrogens is 355 g/mol. The number of methoxy groups -OCH3 is 1. The highest BCUT2D eigenvalue weighted by atomic mass is 35.5. The molecule has 2 aromatic carbocycles. The Morgan fingerprint density at radius 1 is 1.27 bits per heavy atom. The summed E-state index contributed by atoms with van der Waals surface area (Å²) in [4.78, 5) is 8.63. The van der Waals surface area contributed by atoms with Crippen molar-refractivity contribution in [3.05, 3.63) is 52.6 Å². The lowest BCUT2D eigenvalue weighted by Gasteiger charge is -2.29. The first kappa shape index (κ1) is 17.0. The van der Waals surface area contributed by atoms with Crippen molar-refractivity contribution in [2.24, 2.45) is 0 Å². The van der Waals surface area contributed by atoms with E-state index < -0.39 is 5.82 Å². The van der Waals surface area contributed by atoms with Crippen LogP contribution in [0.4, 0.5) is 15.9 Å². The second-order valence-electron chi connectivity index (χ2n) is 6.37. The Hall–Kier alpha value is -2.44. The fraction of sp³-hybridized carbons (Fsp3) is 0.263. The molecule has 2 heterocycles. The second kappa shape index (κ2) is 6.70. The molecule has 1 aromatic heterocycles. The first-order valence-corrected chi connectivity index (χ1v) is 8.71. The maximum atomic E-state index is 14.5. The minimum absolute atomic E-state index is 0.108. The fourth-order valence-corrected chi connectivity index (χ4v) is 3.24. The summed E-state index contributed by atoms with van der Waals surface area (Å²) in [5.41, 5.74) is 2.79. The molecule has 2 N–H and O–H groups in total. The molecule has 0 saturated carbocycles. The molecule has 0 unspecified atom stereocenters. The van der Waals surface area contributed by atoms with E-state index in [1.807, 2.05) is 12.1 Å². The van der Waals surface area contributed by atoms with Gasteiger partial charge in [0.15, 0.2) is 5.82 Å². The topological polar surface area (TPSA) is 59.1 Å². The van der Waals surface area contributed by atoms with Crippen LogP contribution in [0.25, 0.3) is 10.9 Å². The van der Waals surface area contributed by atoms with Gasteiger partial charge in [-0.2, -0.15) is 0 Å². The quantitative estimate of drug-likeness (QED) is 0.719. The van der Waals surface area contributed by atoms with Gasteiger partial charge in [-0.3, -0.25) is 0 Å². The molecule has 0 aliphatic carbocycles. The second-order valence-corrected chi connectivity index (χ2v) is 6.75. The number of halogens is 2. The van der Waals surface area contributed by atoms with E-state index in [0.717, 1.165) is 35.3 Å². The van der Waals surface area contributed by atoms with E-state index in [1.54, 1.807) is 26.2 Å². The molecule has 0 bridgehead atoms. The van der Waals surface area contributed by atoms with Gasteiger partial charge in [-0.1, -0.05) is 17.7 Å². The van der Waals surface area contributed by atoms with Crippen LogP contribution < -0.4 is 15.4 Å². The van der Waals surface area contributed by atoms with Gasteiger partial charge in [-0.15, -0.1) is 0 Å². The predicted molar refractivity (Wildman–Crippen MR) is 101 cm³/mol. The van der Waals surface area contributed by atoms with Crippen LogP contribution in [-0.4, -0.2) is 30.2 Å². The number of hydrogen-bond acceptors (Lipinski definition) is 5. The van der Waals surface area contributed by atoms with E-state index in [1.165, 1.54) is 6.33 Å². The lowest BCUT2D eigenvalue weighted by molar-refractivity contribution is 0.386. The van der Waals surface area contributed by atoms with Crippen LogP contribution >= 0.6 is 11.6 Å². The maximum absolute atomic E-state index is 14.5. The Morgan fingerprint density at radius 3 is 2.77 bits per heavy atom. The molecule has 0 amide bonds. The lowest BCUT2D eigenvalue weighted by atomic mass is 9.91. The molecule has 0 atom stereocenters. The highest BCUT2D eigenvalue weighted by Gasteiger charge is 2.24. The molecule has 1 aliphatic rings. The summed E-state index contributed by atoms with van der Waals surface area (Å²) in [7, 11) is 1.65. The van der Waals surface area contributed by atoms with Gasteiger partial charge in [-0.05, 0) is 24.6 Å². The number of hydrogen-bond donors (Lipinski definition) is 2. The number of fused-ring (bicyclic) bond motifs is 1. The van der Waals surface area contributed by atoms with E-state index >= 15 is 0 Å².